The van der Waals surface area contributed by atoms with Crippen LogP contribution in [0.25, 0.3) is 11.4 Å². The van der Waals surface area contributed by atoms with Gasteiger partial charge in [-0.25, -0.2) is 0 Å². The van der Waals surface area contributed by atoms with Gasteiger partial charge in [-0.1, -0.05) is 5.16 Å². The van der Waals surface area contributed by atoms with E-state index in [1.54, 1.807) is 24.5 Å². The molecule has 1 aliphatic heterocycles. The lowest BCUT2D eigenvalue weighted by atomic mass is 10.2. The van der Waals surface area contributed by atoms with Crippen molar-refractivity contribution < 1.29 is 13.7 Å². The Morgan fingerprint density at radius 1 is 1.12 bits per heavy atom. The van der Waals surface area contributed by atoms with Crippen molar-refractivity contribution in [3.05, 3.63) is 54.6 Å². The van der Waals surface area contributed by atoms with Crippen molar-refractivity contribution in [1.29, 1.82) is 0 Å². The van der Waals surface area contributed by atoms with Gasteiger partial charge in [0, 0.05) is 44.1 Å². The third kappa shape index (κ3) is 3.65. The van der Waals surface area contributed by atoms with Crippen LogP contribution < -0.4 is 0 Å². The van der Waals surface area contributed by atoms with E-state index in [4.69, 9.17) is 8.94 Å². The molecular formula is C18H19N5O3. The number of nitrogens with zero attached hydrogens (tertiary/aromatic N) is 5. The molecule has 3 aromatic heterocycles. The number of pyridine rings is 1. The molecule has 0 unspecified atom stereocenters. The van der Waals surface area contributed by atoms with Gasteiger partial charge in [0.05, 0.1) is 12.8 Å². The van der Waals surface area contributed by atoms with Gasteiger partial charge in [-0.3, -0.25) is 14.7 Å². The fourth-order valence-corrected chi connectivity index (χ4v) is 3.02. The van der Waals surface area contributed by atoms with Crippen LogP contribution in [0.3, 0.4) is 0 Å². The largest absolute Gasteiger partial charge is 0.459 e. The highest BCUT2D eigenvalue weighted by atomic mass is 16.5. The van der Waals surface area contributed by atoms with E-state index in [0.717, 1.165) is 25.1 Å². The summed E-state index contributed by atoms with van der Waals surface area (Å²) < 4.78 is 10.6. The molecular weight excluding hydrogens is 334 g/mol. The molecule has 0 N–H and O–H groups in total. The van der Waals surface area contributed by atoms with E-state index in [1.165, 1.54) is 6.26 Å². The summed E-state index contributed by atoms with van der Waals surface area (Å²) in [4.78, 5) is 24.9. The maximum atomic E-state index is 12.4. The van der Waals surface area contributed by atoms with E-state index >= 15 is 0 Å². The first-order chi connectivity index (χ1) is 12.8. The second-order valence-electron chi connectivity index (χ2n) is 6.15. The first-order valence-corrected chi connectivity index (χ1v) is 8.58. The summed E-state index contributed by atoms with van der Waals surface area (Å²) in [5.74, 6) is 1.46. The topological polar surface area (TPSA) is 88.5 Å². The first kappa shape index (κ1) is 16.5. The van der Waals surface area contributed by atoms with Crippen LogP contribution in [0.5, 0.6) is 0 Å². The third-order valence-electron chi connectivity index (χ3n) is 4.37. The Morgan fingerprint density at radius 2 is 2.00 bits per heavy atom. The summed E-state index contributed by atoms with van der Waals surface area (Å²) in [6.07, 6.45) is 5.81. The van der Waals surface area contributed by atoms with E-state index < -0.39 is 0 Å². The third-order valence-corrected chi connectivity index (χ3v) is 4.37. The Balaban J connectivity index is 1.36. The van der Waals surface area contributed by atoms with Gasteiger partial charge in [-0.2, -0.15) is 4.98 Å². The van der Waals surface area contributed by atoms with Crippen molar-refractivity contribution in [2.45, 2.75) is 13.0 Å². The molecule has 0 aromatic carbocycles. The summed E-state index contributed by atoms with van der Waals surface area (Å²) in [6.45, 7) is 3.54. The molecule has 0 saturated carbocycles. The highest BCUT2D eigenvalue weighted by Gasteiger charge is 2.23. The average molecular weight is 353 g/mol. The van der Waals surface area contributed by atoms with Crippen molar-refractivity contribution in [2.75, 3.05) is 26.2 Å². The Bertz CT molecular complexity index is 847. The minimum absolute atomic E-state index is 0.0605. The van der Waals surface area contributed by atoms with Crippen molar-refractivity contribution >= 4 is 5.91 Å². The average Bonchev–Trinajstić information content (AvgIpc) is 3.31. The molecule has 0 atom stereocenters. The molecule has 1 amide bonds. The summed E-state index contributed by atoms with van der Waals surface area (Å²) >= 11 is 0. The fourth-order valence-electron chi connectivity index (χ4n) is 3.02. The van der Waals surface area contributed by atoms with Crippen molar-refractivity contribution in [2.24, 2.45) is 0 Å². The van der Waals surface area contributed by atoms with Gasteiger partial charge in [-0.15, -0.1) is 0 Å². The smallest absolute Gasteiger partial charge is 0.289 e. The summed E-state index contributed by atoms with van der Waals surface area (Å²) in [6, 6.07) is 7.12. The van der Waals surface area contributed by atoms with Crippen molar-refractivity contribution in [3.8, 4) is 11.4 Å². The molecule has 0 radical (unpaired) electrons. The number of aromatic nitrogens is 3. The van der Waals surface area contributed by atoms with E-state index in [9.17, 15) is 4.79 Å². The summed E-state index contributed by atoms with van der Waals surface area (Å²) in [7, 11) is 0. The zero-order valence-corrected chi connectivity index (χ0v) is 14.2. The highest BCUT2D eigenvalue weighted by Crippen LogP contribution is 2.16. The molecule has 4 heterocycles. The van der Waals surface area contributed by atoms with Crippen molar-refractivity contribution in [1.82, 2.24) is 24.9 Å². The maximum absolute atomic E-state index is 12.4. The predicted octanol–water partition coefficient (Wildman–Crippen LogP) is 2.07. The number of hydrogen-bond donors (Lipinski definition) is 0. The molecule has 1 fully saturated rings. The van der Waals surface area contributed by atoms with Crippen LogP contribution in [0.4, 0.5) is 0 Å². The van der Waals surface area contributed by atoms with Crippen LogP contribution >= 0.6 is 0 Å². The number of rotatable bonds is 4. The molecule has 1 saturated heterocycles. The van der Waals surface area contributed by atoms with Crippen LogP contribution in [0.15, 0.2) is 51.9 Å². The highest BCUT2D eigenvalue weighted by molar-refractivity contribution is 5.91. The maximum Gasteiger partial charge on any atom is 0.289 e. The van der Waals surface area contributed by atoms with Crippen LogP contribution in [-0.2, 0) is 6.54 Å². The Labute approximate surface area is 150 Å². The lowest BCUT2D eigenvalue weighted by molar-refractivity contribution is 0.0728. The first-order valence-electron chi connectivity index (χ1n) is 8.58. The monoisotopic (exact) mass is 353 g/mol. The van der Waals surface area contributed by atoms with Crippen LogP contribution in [-0.4, -0.2) is 57.0 Å². The van der Waals surface area contributed by atoms with Gasteiger partial charge >= 0.3 is 0 Å². The zero-order chi connectivity index (χ0) is 17.8. The molecule has 0 spiro atoms. The summed E-state index contributed by atoms with van der Waals surface area (Å²) in [5.41, 5.74) is 0.876. The normalized spacial score (nSPS) is 15.8. The van der Waals surface area contributed by atoms with Gasteiger partial charge in [0.2, 0.25) is 11.7 Å². The Hall–Kier alpha value is -3.00. The van der Waals surface area contributed by atoms with Gasteiger partial charge in [-0.05, 0) is 30.7 Å². The van der Waals surface area contributed by atoms with Crippen LogP contribution in [0, 0.1) is 0 Å². The predicted molar refractivity (Wildman–Crippen MR) is 92.0 cm³/mol. The molecule has 4 rings (SSSR count). The number of amides is 1. The lowest BCUT2D eigenvalue weighted by Crippen LogP contribution is -2.34. The number of carbonyl (C=O) groups excluding carboxylic acids is 1. The van der Waals surface area contributed by atoms with Crippen LogP contribution in [0.2, 0.25) is 0 Å². The molecule has 0 aliphatic carbocycles. The number of hydrogen-bond acceptors (Lipinski definition) is 7. The van der Waals surface area contributed by atoms with E-state index in [0.29, 0.717) is 37.1 Å². The second kappa shape index (κ2) is 7.49. The minimum atomic E-state index is -0.0605. The van der Waals surface area contributed by atoms with Gasteiger partial charge in [0.15, 0.2) is 5.76 Å². The van der Waals surface area contributed by atoms with E-state index in [-0.39, 0.29) is 5.91 Å². The SMILES string of the molecule is O=C(c1ccco1)N1CCCN(Cc2nc(-c3ccncc3)no2)CC1. The van der Waals surface area contributed by atoms with Gasteiger partial charge < -0.3 is 13.8 Å². The molecule has 8 heteroatoms. The number of carbonyl (C=O) groups is 1. The fraction of sp³-hybridized carbons (Fsp3) is 0.333. The standard InChI is InChI=1S/C18H19N5O3/c24-18(15-3-1-12-25-15)23-9-2-8-22(10-11-23)13-16-20-17(21-26-16)14-4-6-19-7-5-14/h1,3-7,12H,2,8-11,13H2. The molecule has 1 aliphatic rings. The zero-order valence-electron chi connectivity index (χ0n) is 14.2. The summed E-state index contributed by atoms with van der Waals surface area (Å²) in [5, 5.41) is 4.03. The molecule has 8 nitrogen and oxygen atoms in total. The molecule has 3 aromatic rings. The van der Waals surface area contributed by atoms with Crippen molar-refractivity contribution in [3.63, 3.8) is 0 Å². The van der Waals surface area contributed by atoms with Gasteiger partial charge in [0.1, 0.15) is 0 Å². The van der Waals surface area contributed by atoms with Gasteiger partial charge in [0.25, 0.3) is 5.91 Å². The molecule has 0 bridgehead atoms. The number of furan rings is 1. The second-order valence-corrected chi connectivity index (χ2v) is 6.15. The van der Waals surface area contributed by atoms with Crippen LogP contribution in [0.1, 0.15) is 22.9 Å². The molecule has 26 heavy (non-hydrogen) atoms. The minimum Gasteiger partial charge on any atom is -0.459 e. The van der Waals surface area contributed by atoms with E-state index in [2.05, 4.69) is 20.0 Å². The Morgan fingerprint density at radius 3 is 2.81 bits per heavy atom. The molecule has 134 valence electrons. The van der Waals surface area contributed by atoms with E-state index in [1.807, 2.05) is 17.0 Å². The quantitative estimate of drug-likeness (QED) is 0.709. The lowest BCUT2D eigenvalue weighted by Gasteiger charge is -2.20. The Kier molecular flexibility index (Phi) is 4.74.